The second-order valence-corrected chi connectivity index (χ2v) is 9.16. The van der Waals surface area contributed by atoms with Crippen molar-refractivity contribution in [3.05, 3.63) is 92.3 Å². The number of aryl methyl sites for hydroxylation is 1. The van der Waals surface area contributed by atoms with E-state index in [1.165, 1.54) is 11.3 Å². The second kappa shape index (κ2) is 8.06. The zero-order chi connectivity index (χ0) is 23.3. The Morgan fingerprint density at radius 2 is 1.73 bits per heavy atom. The van der Waals surface area contributed by atoms with Gasteiger partial charge in [-0.25, -0.2) is 9.36 Å². The Morgan fingerprint density at radius 3 is 2.42 bits per heavy atom. The number of hydrogen-bond donors (Lipinski definition) is 1. The molecule has 1 N–H and O–H groups in total. The number of carbonyl (C=O) groups excluding carboxylic acids is 1. The third-order valence-electron chi connectivity index (χ3n) is 5.63. The highest BCUT2D eigenvalue weighted by Crippen LogP contribution is 2.31. The van der Waals surface area contributed by atoms with Crippen LogP contribution >= 0.6 is 22.9 Å². The molecule has 0 atom stereocenters. The number of halogens is 1. The van der Waals surface area contributed by atoms with Gasteiger partial charge in [0.05, 0.1) is 27.6 Å². The van der Waals surface area contributed by atoms with Crippen LogP contribution in [0.25, 0.3) is 21.6 Å². The number of rotatable bonds is 4. The van der Waals surface area contributed by atoms with Gasteiger partial charge >= 0.3 is 0 Å². The van der Waals surface area contributed by atoms with Gasteiger partial charge in [0.2, 0.25) is 0 Å². The number of thiophene rings is 1. The maximum atomic E-state index is 13.1. The topological polar surface area (TPSA) is 73.8 Å². The Labute approximate surface area is 198 Å². The van der Waals surface area contributed by atoms with E-state index in [1.807, 2.05) is 62.4 Å². The van der Waals surface area contributed by atoms with Crippen molar-refractivity contribution in [1.29, 1.82) is 0 Å². The number of anilines is 1. The van der Waals surface area contributed by atoms with E-state index in [-0.39, 0.29) is 17.2 Å². The average Bonchev–Trinajstić information content (AvgIpc) is 3.44. The highest BCUT2D eigenvalue weighted by atomic mass is 35.5. The third-order valence-corrected chi connectivity index (χ3v) is 6.99. The minimum Gasteiger partial charge on any atom is -0.315 e. The largest absolute Gasteiger partial charge is 0.315 e. The van der Waals surface area contributed by atoms with Crippen LogP contribution in [0.5, 0.6) is 0 Å². The molecule has 3 aromatic heterocycles. The molecule has 0 radical (unpaired) electrons. The smallest absolute Gasteiger partial charge is 0.295 e. The van der Waals surface area contributed by atoms with Crippen molar-refractivity contribution in [2.45, 2.75) is 13.8 Å². The number of aromatic nitrogens is 4. The molecule has 0 bridgehead atoms. The van der Waals surface area contributed by atoms with Crippen molar-refractivity contribution >= 4 is 44.7 Å². The number of amides is 1. The second-order valence-electron chi connectivity index (χ2n) is 7.69. The first-order chi connectivity index (χ1) is 15.8. The van der Waals surface area contributed by atoms with Crippen LogP contribution in [-0.2, 0) is 7.05 Å². The normalized spacial score (nSPS) is 11.3. The predicted octanol–water partition coefficient (Wildman–Crippen LogP) is 5.10. The summed E-state index contributed by atoms with van der Waals surface area (Å²) < 4.78 is 5.08. The quantitative estimate of drug-likeness (QED) is 0.391. The van der Waals surface area contributed by atoms with Crippen LogP contribution in [0.3, 0.4) is 0 Å². The minimum absolute atomic E-state index is 0.264. The minimum atomic E-state index is -0.329. The summed E-state index contributed by atoms with van der Waals surface area (Å²) in [5, 5.41) is 8.98. The fraction of sp³-hybridized carbons (Fsp3) is 0.125. The average molecular weight is 478 g/mol. The van der Waals surface area contributed by atoms with Crippen LogP contribution in [-0.4, -0.2) is 25.1 Å². The number of benzene rings is 2. The summed E-state index contributed by atoms with van der Waals surface area (Å²) in [4.78, 5) is 27.6. The molecule has 0 unspecified atom stereocenters. The van der Waals surface area contributed by atoms with Gasteiger partial charge in [0.1, 0.15) is 10.5 Å². The zero-order valence-electron chi connectivity index (χ0n) is 18.2. The Bertz CT molecular complexity index is 1560. The highest BCUT2D eigenvalue weighted by Gasteiger charge is 2.21. The SMILES string of the molecule is Cc1nn(-c2ccc(Cl)cc2)c2sc(C(=O)Nc3c(C)n(C)n(-c4ccccc4)c3=O)cc12. The standard InChI is InChI=1S/C24H20ClN5O2S/c1-14-19-13-20(33-24(19)29(27-14)17-11-9-16(25)10-12-17)22(31)26-21-15(2)28(3)30(23(21)32)18-7-5-4-6-8-18/h4-13H,1-3H3,(H,26,31). The Hall–Kier alpha value is -3.62. The third kappa shape index (κ3) is 3.57. The molecule has 0 aliphatic heterocycles. The predicted molar refractivity (Wildman–Crippen MR) is 132 cm³/mol. The maximum Gasteiger partial charge on any atom is 0.295 e. The van der Waals surface area contributed by atoms with E-state index >= 15 is 0 Å². The van der Waals surface area contributed by atoms with Crippen LogP contribution in [0.1, 0.15) is 21.1 Å². The molecule has 5 rings (SSSR count). The first-order valence-corrected chi connectivity index (χ1v) is 11.4. The summed E-state index contributed by atoms with van der Waals surface area (Å²) in [5.41, 5.74) is 3.06. The van der Waals surface area contributed by atoms with E-state index in [1.54, 1.807) is 33.2 Å². The molecule has 3 heterocycles. The molecular weight excluding hydrogens is 458 g/mol. The summed E-state index contributed by atoms with van der Waals surface area (Å²) in [6, 6.07) is 18.5. The van der Waals surface area contributed by atoms with E-state index in [0.29, 0.717) is 15.6 Å². The molecule has 0 aliphatic carbocycles. The number of nitrogens with one attached hydrogen (secondary N) is 1. The van der Waals surface area contributed by atoms with E-state index in [4.69, 9.17) is 11.6 Å². The van der Waals surface area contributed by atoms with Crippen molar-refractivity contribution in [3.63, 3.8) is 0 Å². The van der Waals surface area contributed by atoms with Crippen LogP contribution < -0.4 is 10.9 Å². The Balaban J connectivity index is 1.51. The molecule has 2 aromatic carbocycles. The summed E-state index contributed by atoms with van der Waals surface area (Å²) in [7, 11) is 1.79. The lowest BCUT2D eigenvalue weighted by atomic mass is 10.3. The number of carbonyl (C=O) groups is 1. The van der Waals surface area contributed by atoms with Crippen molar-refractivity contribution in [2.24, 2.45) is 7.05 Å². The molecule has 0 aliphatic rings. The lowest BCUT2D eigenvalue weighted by Gasteiger charge is -2.07. The van der Waals surface area contributed by atoms with E-state index < -0.39 is 0 Å². The number of nitrogens with zero attached hydrogens (tertiary/aromatic N) is 4. The van der Waals surface area contributed by atoms with Gasteiger partial charge in [-0.1, -0.05) is 29.8 Å². The van der Waals surface area contributed by atoms with Crippen LogP contribution in [0.2, 0.25) is 5.02 Å². The monoisotopic (exact) mass is 477 g/mol. The zero-order valence-corrected chi connectivity index (χ0v) is 19.7. The summed E-state index contributed by atoms with van der Waals surface area (Å²) in [6.45, 7) is 3.72. The lowest BCUT2D eigenvalue weighted by Crippen LogP contribution is -2.22. The molecule has 0 spiro atoms. The van der Waals surface area contributed by atoms with Crippen LogP contribution in [0.4, 0.5) is 5.69 Å². The van der Waals surface area contributed by atoms with Gasteiger partial charge in [0, 0.05) is 17.5 Å². The first-order valence-electron chi connectivity index (χ1n) is 10.3. The molecule has 5 aromatic rings. The molecule has 1 amide bonds. The molecule has 0 saturated heterocycles. The van der Waals surface area contributed by atoms with Crippen molar-refractivity contribution < 1.29 is 4.79 Å². The van der Waals surface area contributed by atoms with E-state index in [0.717, 1.165) is 27.3 Å². The molecule has 0 fully saturated rings. The van der Waals surface area contributed by atoms with E-state index in [9.17, 15) is 9.59 Å². The molecular formula is C24H20ClN5O2S. The summed E-state index contributed by atoms with van der Waals surface area (Å²) >= 11 is 7.34. The van der Waals surface area contributed by atoms with Crippen LogP contribution in [0, 0.1) is 13.8 Å². The number of fused-ring (bicyclic) bond motifs is 1. The van der Waals surface area contributed by atoms with Crippen molar-refractivity contribution in [2.75, 3.05) is 5.32 Å². The van der Waals surface area contributed by atoms with Crippen LogP contribution in [0.15, 0.2) is 65.5 Å². The highest BCUT2D eigenvalue weighted by molar-refractivity contribution is 7.20. The van der Waals surface area contributed by atoms with Gasteiger partial charge in [-0.3, -0.25) is 14.3 Å². The van der Waals surface area contributed by atoms with Gasteiger partial charge in [-0.15, -0.1) is 11.3 Å². The molecule has 7 nitrogen and oxygen atoms in total. The first kappa shape index (κ1) is 21.2. The van der Waals surface area contributed by atoms with E-state index in [2.05, 4.69) is 10.4 Å². The maximum absolute atomic E-state index is 13.1. The number of para-hydroxylation sites is 1. The molecule has 33 heavy (non-hydrogen) atoms. The van der Waals surface area contributed by atoms with Gasteiger partial charge in [-0.05, 0) is 56.3 Å². The molecule has 166 valence electrons. The Morgan fingerprint density at radius 1 is 1.03 bits per heavy atom. The fourth-order valence-corrected chi connectivity index (χ4v) is 5.01. The molecule has 9 heteroatoms. The molecule has 0 saturated carbocycles. The van der Waals surface area contributed by atoms with Gasteiger partial charge in [0.15, 0.2) is 0 Å². The summed E-state index contributed by atoms with van der Waals surface area (Å²) in [5.74, 6) is -0.329. The fourth-order valence-electron chi connectivity index (χ4n) is 3.80. The van der Waals surface area contributed by atoms with Crippen molar-refractivity contribution in [3.8, 4) is 11.4 Å². The van der Waals surface area contributed by atoms with Gasteiger partial charge in [-0.2, -0.15) is 5.10 Å². The number of hydrogen-bond acceptors (Lipinski definition) is 4. The Kier molecular flexibility index (Phi) is 5.19. The van der Waals surface area contributed by atoms with Gasteiger partial charge in [0.25, 0.3) is 11.5 Å². The lowest BCUT2D eigenvalue weighted by molar-refractivity contribution is 0.103. The van der Waals surface area contributed by atoms with Crippen molar-refractivity contribution in [1.82, 2.24) is 19.1 Å². The summed E-state index contributed by atoms with van der Waals surface area (Å²) in [6.07, 6.45) is 0. The van der Waals surface area contributed by atoms with Gasteiger partial charge < -0.3 is 5.32 Å².